The summed E-state index contributed by atoms with van der Waals surface area (Å²) in [6.45, 7) is 6.50. The zero-order chi connectivity index (χ0) is 4.71. The first kappa shape index (κ1) is 8.94. The molecule has 0 aromatic heterocycles. The van der Waals surface area contributed by atoms with Crippen molar-refractivity contribution in [2.24, 2.45) is 0 Å². The van der Waals surface area contributed by atoms with Gasteiger partial charge < -0.3 is 0 Å². The molecule has 0 aliphatic heterocycles. The molecule has 0 nitrogen and oxygen atoms in total. The molecule has 0 heterocycles. The summed E-state index contributed by atoms with van der Waals surface area (Å²) >= 11 is 2.50. The Balaban J connectivity index is 0. The van der Waals surface area contributed by atoms with Crippen molar-refractivity contribution in [3.05, 3.63) is 19.6 Å². The Hall–Kier alpha value is 0.142. The average molecular weight is 162 g/mol. The van der Waals surface area contributed by atoms with Crippen molar-refractivity contribution < 1.29 is 18.7 Å². The molecule has 1 heteroatoms. The van der Waals surface area contributed by atoms with Gasteiger partial charge in [-0.2, -0.15) is 0 Å². The monoisotopic (exact) mass is 161 g/mol. The van der Waals surface area contributed by atoms with Gasteiger partial charge >= 0.3 is 23.7 Å². The van der Waals surface area contributed by atoms with Crippen molar-refractivity contribution in [3.8, 4) is 0 Å². The van der Waals surface area contributed by atoms with Gasteiger partial charge in [-0.25, -0.2) is 19.6 Å². The van der Waals surface area contributed by atoms with Gasteiger partial charge in [-0.15, -0.1) is 0 Å². The van der Waals surface area contributed by atoms with Crippen molar-refractivity contribution in [2.45, 2.75) is 0 Å². The first-order chi connectivity index (χ1) is 2.41. The first-order valence-electron chi connectivity index (χ1n) is 1.04. The maximum atomic E-state index is 3.25. The Bertz CT molecular complexity index is 17.6. The van der Waals surface area contributed by atoms with Crippen LogP contribution >= 0.6 is 0 Å². The van der Waals surface area contributed by atoms with Gasteiger partial charge in [-0.1, -0.05) is 0 Å². The van der Waals surface area contributed by atoms with Gasteiger partial charge in [-0.3, -0.25) is 0 Å². The quantitative estimate of drug-likeness (QED) is 0.367. The molecular formula is C4H7Pd-. The zero-order valence-corrected chi connectivity index (χ0v) is 4.57. The molecule has 5 heavy (non-hydrogen) atoms. The molecule has 0 unspecified atom stereocenters. The van der Waals surface area contributed by atoms with Crippen molar-refractivity contribution in [3.63, 3.8) is 0 Å². The molecule has 0 atom stereocenters. The van der Waals surface area contributed by atoms with Gasteiger partial charge in [0.2, 0.25) is 0 Å². The van der Waals surface area contributed by atoms with Crippen molar-refractivity contribution in [2.75, 3.05) is 0 Å². The van der Waals surface area contributed by atoms with E-state index in [2.05, 4.69) is 37.2 Å². The second kappa shape index (κ2) is 31.3. The minimum absolute atomic E-state index is 1.50. The molecule has 0 rings (SSSR count). The summed E-state index contributed by atoms with van der Waals surface area (Å²) in [5, 5.41) is 0. The SMILES string of the molecule is C=C[CH2-].[CH2]=[Pd]. The van der Waals surface area contributed by atoms with Crippen LogP contribution in [-0.4, -0.2) is 4.99 Å². The van der Waals surface area contributed by atoms with E-state index in [1.807, 2.05) is 0 Å². The summed E-state index contributed by atoms with van der Waals surface area (Å²) in [6, 6.07) is 0. The molecule has 0 radical (unpaired) electrons. The maximum absolute atomic E-state index is 3.25. The van der Waals surface area contributed by atoms with Gasteiger partial charge in [-0.05, 0) is 0 Å². The summed E-state index contributed by atoms with van der Waals surface area (Å²) in [6.07, 6.45) is 1.50. The number of hydrogen-bond donors (Lipinski definition) is 0. The summed E-state index contributed by atoms with van der Waals surface area (Å²) in [4.78, 5) is 3.10. The molecule has 0 aromatic carbocycles. The normalized spacial score (nSPS) is 3.60. The molecular weight excluding hydrogens is 154 g/mol. The van der Waals surface area contributed by atoms with Crippen molar-refractivity contribution in [1.82, 2.24) is 0 Å². The summed E-state index contributed by atoms with van der Waals surface area (Å²) in [5.74, 6) is 0. The van der Waals surface area contributed by atoms with Crippen LogP contribution < -0.4 is 0 Å². The van der Waals surface area contributed by atoms with Gasteiger partial charge in [0.05, 0.1) is 0 Å². The van der Waals surface area contributed by atoms with E-state index in [0.717, 1.165) is 0 Å². The molecule has 0 spiro atoms. The third-order valence-electron chi connectivity index (χ3n) is 0. The van der Waals surface area contributed by atoms with Gasteiger partial charge in [0, 0.05) is 0 Å². The van der Waals surface area contributed by atoms with Gasteiger partial charge in [0.15, 0.2) is 0 Å². The van der Waals surface area contributed by atoms with Crippen molar-refractivity contribution in [1.29, 1.82) is 0 Å². The third-order valence-corrected chi connectivity index (χ3v) is 0. The standard InChI is InChI=1S/C3H5.CH2.Pd/c1-3-2;;/h3H,1-2H2;1H2;/q-1;;. The van der Waals surface area contributed by atoms with E-state index in [4.69, 9.17) is 0 Å². The van der Waals surface area contributed by atoms with Crippen LogP contribution in [0.5, 0.6) is 0 Å². The fourth-order valence-corrected chi connectivity index (χ4v) is 0. The molecule has 0 bridgehead atoms. The van der Waals surface area contributed by atoms with E-state index in [1.165, 1.54) is 6.08 Å². The Morgan fingerprint density at radius 2 is 1.60 bits per heavy atom. The van der Waals surface area contributed by atoms with E-state index < -0.39 is 0 Å². The fraction of sp³-hybridized carbons (Fsp3) is 0. The van der Waals surface area contributed by atoms with Crippen LogP contribution in [0.2, 0.25) is 0 Å². The van der Waals surface area contributed by atoms with E-state index in [-0.39, 0.29) is 0 Å². The molecule has 0 aliphatic rings. The molecule has 0 aromatic rings. The fourth-order valence-electron chi connectivity index (χ4n) is 0. The number of hydrogen-bond acceptors (Lipinski definition) is 0. The number of allylic oxidation sites excluding steroid dienone is 1. The second-order valence-corrected chi connectivity index (χ2v) is 0.289. The molecule has 0 fully saturated rings. The third kappa shape index (κ3) is 938. The van der Waals surface area contributed by atoms with Crippen LogP contribution in [0, 0.1) is 6.92 Å². The van der Waals surface area contributed by atoms with E-state index in [9.17, 15) is 0 Å². The molecule has 0 N–H and O–H groups in total. The predicted octanol–water partition coefficient (Wildman–Crippen LogP) is 0.972. The second-order valence-electron chi connectivity index (χ2n) is 0.289. The van der Waals surface area contributed by atoms with Crippen LogP contribution in [0.15, 0.2) is 12.7 Å². The first-order valence-corrected chi connectivity index (χ1v) is 2.14. The summed E-state index contributed by atoms with van der Waals surface area (Å²) in [5.41, 5.74) is 0. The molecule has 34 valence electrons. The number of rotatable bonds is 0. The van der Waals surface area contributed by atoms with Gasteiger partial charge in [0.1, 0.15) is 0 Å². The summed E-state index contributed by atoms with van der Waals surface area (Å²) < 4.78 is 0. The van der Waals surface area contributed by atoms with Crippen LogP contribution in [0.3, 0.4) is 0 Å². The van der Waals surface area contributed by atoms with E-state index in [0.29, 0.717) is 0 Å². The molecule has 0 aliphatic carbocycles. The molecule has 0 amide bonds. The Morgan fingerprint density at radius 1 is 1.60 bits per heavy atom. The Morgan fingerprint density at radius 3 is 1.60 bits per heavy atom. The van der Waals surface area contributed by atoms with Crippen molar-refractivity contribution >= 4 is 4.99 Å². The van der Waals surface area contributed by atoms with Gasteiger partial charge in [0.25, 0.3) is 0 Å². The topological polar surface area (TPSA) is 0 Å². The molecule has 0 saturated carbocycles. The Kier molecular flexibility index (Phi) is 56.0. The van der Waals surface area contributed by atoms with E-state index in [1.54, 1.807) is 0 Å². The minimum atomic E-state index is 1.50. The predicted molar refractivity (Wildman–Crippen MR) is 22.7 cm³/mol. The van der Waals surface area contributed by atoms with E-state index >= 15 is 0 Å². The van der Waals surface area contributed by atoms with Crippen LogP contribution in [0.4, 0.5) is 0 Å². The average Bonchev–Trinajstić information content (AvgIpc) is 1.46. The summed E-state index contributed by atoms with van der Waals surface area (Å²) in [7, 11) is 0. The molecule has 0 saturated heterocycles. The van der Waals surface area contributed by atoms with Crippen LogP contribution in [-0.2, 0) is 18.7 Å². The Labute approximate surface area is 43.8 Å². The van der Waals surface area contributed by atoms with Crippen LogP contribution in [0.25, 0.3) is 0 Å². The van der Waals surface area contributed by atoms with Crippen LogP contribution in [0.1, 0.15) is 0 Å². The zero-order valence-electron chi connectivity index (χ0n) is 3.01.